The fraction of sp³-hybridized carbons (Fsp3) is 0.571. The van der Waals surface area contributed by atoms with Crippen molar-refractivity contribution >= 4 is 30.2 Å². The third-order valence-electron chi connectivity index (χ3n) is 9.08. The summed E-state index contributed by atoms with van der Waals surface area (Å²) in [5.74, 6) is 0.396. The average molecular weight is 661 g/mol. The van der Waals surface area contributed by atoms with Crippen molar-refractivity contribution in [3.63, 3.8) is 0 Å². The van der Waals surface area contributed by atoms with Crippen LogP contribution in [0, 0.1) is 6.92 Å². The molecule has 0 unspecified atom stereocenters. The van der Waals surface area contributed by atoms with Crippen LogP contribution in [-0.2, 0) is 33.5 Å². The van der Waals surface area contributed by atoms with Crippen molar-refractivity contribution in [3.05, 3.63) is 75.3 Å². The van der Waals surface area contributed by atoms with E-state index >= 15 is 0 Å². The highest BCUT2D eigenvalue weighted by Crippen LogP contribution is 2.45. The van der Waals surface area contributed by atoms with Crippen LogP contribution in [0.15, 0.2) is 44.8 Å². The molecule has 0 fully saturated rings. The zero-order valence-corrected chi connectivity index (χ0v) is 33.1. The summed E-state index contributed by atoms with van der Waals surface area (Å²) < 4.78 is 20.3. The quantitative estimate of drug-likeness (QED) is 0.216. The molecule has 4 nitrogen and oxygen atoms in total. The first-order chi connectivity index (χ1) is 21.3. The van der Waals surface area contributed by atoms with Gasteiger partial charge in [0.1, 0.15) is 16.9 Å². The summed E-state index contributed by atoms with van der Waals surface area (Å²) >= 11 is 0. The predicted molar refractivity (Wildman–Crippen MR) is 202 cm³/mol. The second-order valence-electron chi connectivity index (χ2n) is 18.7. The molecule has 4 rings (SSSR count). The van der Waals surface area contributed by atoms with Crippen molar-refractivity contribution in [2.45, 2.75) is 151 Å². The number of rotatable bonds is 5. The highest BCUT2D eigenvalue weighted by Gasteiger charge is 2.29. The van der Waals surface area contributed by atoms with Crippen molar-refractivity contribution < 1.29 is 18.0 Å². The van der Waals surface area contributed by atoms with Crippen LogP contribution < -0.4 is 4.52 Å². The van der Waals surface area contributed by atoms with Crippen molar-refractivity contribution in [2.75, 3.05) is 6.61 Å². The van der Waals surface area contributed by atoms with Crippen molar-refractivity contribution in [1.82, 2.24) is 0 Å². The Morgan fingerprint density at radius 3 is 1.38 bits per heavy atom. The van der Waals surface area contributed by atoms with Crippen molar-refractivity contribution in [2.24, 2.45) is 0 Å². The van der Waals surface area contributed by atoms with Gasteiger partial charge >= 0.3 is 8.24 Å². The number of fused-ring (bicyclic) bond motifs is 3. The largest absolute Gasteiger partial charge is 0.507 e. The van der Waals surface area contributed by atoms with Gasteiger partial charge in [-0.15, -0.1) is 0 Å². The molecule has 0 atom stereocenters. The molecule has 0 saturated carbocycles. The Bertz CT molecular complexity index is 1710. The van der Waals surface area contributed by atoms with Gasteiger partial charge in [0, 0.05) is 21.9 Å². The van der Waals surface area contributed by atoms with E-state index in [1.165, 1.54) is 11.1 Å². The van der Waals surface area contributed by atoms with E-state index in [2.05, 4.69) is 147 Å². The van der Waals surface area contributed by atoms with E-state index in [-0.39, 0.29) is 27.1 Å². The zero-order chi connectivity index (χ0) is 35.5. The molecule has 5 heteroatoms. The number of aromatic hydroxyl groups is 1. The third kappa shape index (κ3) is 8.31. The van der Waals surface area contributed by atoms with Gasteiger partial charge in [-0.1, -0.05) is 134 Å². The Kier molecular flexibility index (Phi) is 10.00. The molecule has 0 spiro atoms. The van der Waals surface area contributed by atoms with Crippen LogP contribution >= 0.6 is 8.24 Å². The summed E-state index contributed by atoms with van der Waals surface area (Å²) in [5.41, 5.74) is 9.09. The van der Waals surface area contributed by atoms with Gasteiger partial charge in [0.05, 0.1) is 6.61 Å². The second-order valence-corrected chi connectivity index (χ2v) is 19.8. The highest BCUT2D eigenvalue weighted by atomic mass is 31.1. The summed E-state index contributed by atoms with van der Waals surface area (Å²) in [7, 11) is -1.76. The van der Waals surface area contributed by atoms with E-state index in [9.17, 15) is 5.11 Å². The normalized spacial score (nSPS) is 13.5. The Labute approximate surface area is 285 Å². The Morgan fingerprint density at radius 2 is 1.00 bits per heavy atom. The maximum Gasteiger partial charge on any atom is 0.387 e. The molecule has 0 amide bonds. The van der Waals surface area contributed by atoms with Gasteiger partial charge in [-0.3, -0.25) is 4.52 Å². The van der Waals surface area contributed by atoms with Crippen molar-refractivity contribution in [3.8, 4) is 5.75 Å². The first-order valence-electron chi connectivity index (χ1n) is 17.3. The van der Waals surface area contributed by atoms with Gasteiger partial charge in [0.15, 0.2) is 0 Å². The van der Waals surface area contributed by atoms with Gasteiger partial charge in [-0.25, -0.2) is 0 Å². The van der Waals surface area contributed by atoms with E-state index < -0.39 is 8.24 Å². The summed E-state index contributed by atoms with van der Waals surface area (Å²) in [6.45, 7) is 36.1. The molecule has 3 aromatic carbocycles. The maximum absolute atomic E-state index is 11.1. The molecular weight excluding hydrogens is 599 g/mol. The minimum Gasteiger partial charge on any atom is -0.507 e. The fourth-order valence-electron chi connectivity index (χ4n) is 6.07. The van der Waals surface area contributed by atoms with Crippen LogP contribution in [-0.4, -0.2) is 11.7 Å². The molecule has 0 aliphatic carbocycles. The van der Waals surface area contributed by atoms with E-state index in [0.717, 1.165) is 56.2 Å². The van der Waals surface area contributed by atoms with Gasteiger partial charge in [0.25, 0.3) is 0 Å². The Hall–Kier alpha value is -2.68. The van der Waals surface area contributed by atoms with Gasteiger partial charge < -0.3 is 13.5 Å². The van der Waals surface area contributed by atoms with Gasteiger partial charge in [-0.2, -0.15) is 0 Å². The van der Waals surface area contributed by atoms with E-state index in [0.29, 0.717) is 18.8 Å². The molecule has 1 N–H and O–H groups in total. The minimum atomic E-state index is -1.76. The monoisotopic (exact) mass is 660 g/mol. The molecule has 0 saturated heterocycles. The lowest BCUT2D eigenvalue weighted by molar-refractivity contribution is 0.362. The number of phenolic OH excluding ortho intramolecular Hbond substituents is 1. The molecule has 0 bridgehead atoms. The first-order valence-corrected chi connectivity index (χ1v) is 18.4. The fourth-order valence-corrected chi connectivity index (χ4v) is 7.19. The minimum absolute atomic E-state index is 0.0493. The van der Waals surface area contributed by atoms with Gasteiger partial charge in [0.2, 0.25) is 0 Å². The topological polar surface area (TPSA) is 55.7 Å². The third-order valence-corrected chi connectivity index (χ3v) is 10.1. The van der Waals surface area contributed by atoms with Crippen LogP contribution in [0.4, 0.5) is 0 Å². The van der Waals surface area contributed by atoms with E-state index in [1.54, 1.807) is 0 Å². The summed E-state index contributed by atoms with van der Waals surface area (Å²) in [6, 6.07) is 13.5. The highest BCUT2D eigenvalue weighted by molar-refractivity contribution is 7.31. The SMILES string of the molecule is Cc1cc(CCCOp2oc3c(C(C)(C)C)cc(C(C)(C)C)cc3c3cc(C(C)(C)C)cc(C(C)(C)C)c3o2)c(O)c(C(C)(C)C)c1. The number of hydrogen-bond donors (Lipinski definition) is 1. The molecule has 0 aliphatic heterocycles. The first kappa shape index (κ1) is 37.1. The zero-order valence-electron chi connectivity index (χ0n) is 32.2. The lowest BCUT2D eigenvalue weighted by Gasteiger charge is -2.27. The van der Waals surface area contributed by atoms with Gasteiger partial charge in [-0.05, 0) is 81.2 Å². The van der Waals surface area contributed by atoms with E-state index in [1.807, 2.05) is 0 Å². The van der Waals surface area contributed by atoms with Crippen LogP contribution in [0.2, 0.25) is 0 Å². The number of phenols is 1. The number of hydrogen-bond acceptors (Lipinski definition) is 4. The maximum atomic E-state index is 11.1. The van der Waals surface area contributed by atoms with Crippen LogP contribution in [0.3, 0.4) is 0 Å². The second kappa shape index (κ2) is 12.6. The average Bonchev–Trinajstić information content (AvgIpc) is 3.05. The molecular formula is C42H61O4P. The van der Waals surface area contributed by atoms with E-state index in [4.69, 9.17) is 12.9 Å². The smallest absolute Gasteiger partial charge is 0.387 e. The Morgan fingerprint density at radius 1 is 0.574 bits per heavy atom. The number of aryl methyl sites for hydroxylation is 2. The molecule has 47 heavy (non-hydrogen) atoms. The summed E-state index contributed by atoms with van der Waals surface area (Å²) in [6.07, 6.45) is 1.44. The molecule has 258 valence electrons. The van der Waals surface area contributed by atoms with Crippen LogP contribution in [0.25, 0.3) is 21.9 Å². The lowest BCUT2D eigenvalue weighted by atomic mass is 9.77. The lowest BCUT2D eigenvalue weighted by Crippen LogP contribution is -2.17. The van der Waals surface area contributed by atoms with Crippen LogP contribution in [0.1, 0.15) is 149 Å². The molecule has 0 radical (unpaired) electrons. The predicted octanol–water partition coefficient (Wildman–Crippen LogP) is 12.9. The molecule has 0 aliphatic rings. The molecule has 4 aromatic rings. The standard InChI is InChI=1S/C42H61O4P/c1-26-20-27(35(43)32(21-26)40(8,9)10)18-17-19-44-47-45-36-30(22-28(38(2,3)4)24-33(36)41(11,12)13)31-23-29(39(5,6)7)25-34(37(31)46-47)42(14,15)16/h20-25,43H,17-19H2,1-16H3. The van der Waals surface area contributed by atoms with Crippen molar-refractivity contribution in [1.29, 1.82) is 0 Å². The van der Waals surface area contributed by atoms with Crippen LogP contribution in [0.5, 0.6) is 5.75 Å². The Balaban J connectivity index is 1.95. The summed E-state index contributed by atoms with van der Waals surface area (Å²) in [4.78, 5) is 0. The molecule has 1 heterocycles. The molecule has 1 aromatic heterocycles. The number of benzene rings is 3. The summed E-state index contributed by atoms with van der Waals surface area (Å²) in [5, 5.41) is 13.3.